The molecule has 0 spiro atoms. The van der Waals surface area contributed by atoms with Gasteiger partial charge in [0.1, 0.15) is 0 Å². The molecule has 122 valence electrons. The van der Waals surface area contributed by atoms with Crippen molar-refractivity contribution in [3.05, 3.63) is 0 Å². The van der Waals surface area contributed by atoms with Crippen molar-refractivity contribution in [1.29, 1.82) is 0 Å². The Bertz CT molecular complexity index is 361. The quantitative estimate of drug-likeness (QED) is 0.835. The first-order chi connectivity index (χ1) is 9.73. The lowest BCUT2D eigenvalue weighted by Gasteiger charge is -2.35. The van der Waals surface area contributed by atoms with Crippen LogP contribution in [0.4, 0.5) is 0 Å². The molecular formula is C16H31N3O2. The minimum absolute atomic E-state index is 0.0341. The zero-order valence-electron chi connectivity index (χ0n) is 14.1. The fourth-order valence-corrected chi connectivity index (χ4v) is 2.73. The van der Waals surface area contributed by atoms with Crippen molar-refractivity contribution in [3.63, 3.8) is 0 Å². The van der Waals surface area contributed by atoms with Gasteiger partial charge >= 0.3 is 0 Å². The van der Waals surface area contributed by atoms with Crippen molar-refractivity contribution in [2.24, 2.45) is 17.6 Å². The van der Waals surface area contributed by atoms with Crippen LogP contribution in [0.1, 0.15) is 47.0 Å². The summed E-state index contributed by atoms with van der Waals surface area (Å²) in [5, 5.41) is 0. The Hall–Kier alpha value is -1.10. The maximum atomic E-state index is 12.3. The van der Waals surface area contributed by atoms with E-state index < -0.39 is 6.04 Å². The molecule has 1 rings (SSSR count). The van der Waals surface area contributed by atoms with Gasteiger partial charge in [0.25, 0.3) is 0 Å². The van der Waals surface area contributed by atoms with Gasteiger partial charge in [0.15, 0.2) is 0 Å². The van der Waals surface area contributed by atoms with Crippen molar-refractivity contribution >= 4 is 11.8 Å². The van der Waals surface area contributed by atoms with E-state index in [4.69, 9.17) is 5.73 Å². The van der Waals surface area contributed by atoms with E-state index in [0.717, 1.165) is 12.8 Å². The van der Waals surface area contributed by atoms with E-state index in [1.165, 1.54) is 0 Å². The van der Waals surface area contributed by atoms with E-state index in [-0.39, 0.29) is 23.8 Å². The van der Waals surface area contributed by atoms with E-state index >= 15 is 0 Å². The first-order valence-corrected chi connectivity index (χ1v) is 8.05. The molecule has 0 aromatic rings. The summed E-state index contributed by atoms with van der Waals surface area (Å²) in [7, 11) is 1.85. The highest BCUT2D eigenvalue weighted by molar-refractivity contribution is 5.83. The fraction of sp³-hybridized carbons (Fsp3) is 0.875. The highest BCUT2D eigenvalue weighted by atomic mass is 16.2. The van der Waals surface area contributed by atoms with Gasteiger partial charge in [0.05, 0.1) is 6.04 Å². The van der Waals surface area contributed by atoms with Crippen LogP contribution < -0.4 is 5.73 Å². The molecule has 0 aromatic carbocycles. The molecule has 1 aliphatic rings. The zero-order chi connectivity index (χ0) is 16.2. The Morgan fingerprint density at radius 1 is 1.19 bits per heavy atom. The Balaban J connectivity index is 2.48. The summed E-state index contributed by atoms with van der Waals surface area (Å²) in [6.45, 7) is 9.46. The standard InChI is InChI=1S/C16H31N3O2/c1-11(2)10-14(17)16(21)19-8-6-13(7-9-19)15(20)18(5)12(3)4/h11-14H,6-10,17H2,1-5H3/t14-/m0/s1. The van der Waals surface area contributed by atoms with Crippen LogP contribution in [0.5, 0.6) is 0 Å². The molecular weight excluding hydrogens is 266 g/mol. The van der Waals surface area contributed by atoms with Gasteiger partial charge in [-0.05, 0) is 39.0 Å². The van der Waals surface area contributed by atoms with Crippen molar-refractivity contribution < 1.29 is 9.59 Å². The van der Waals surface area contributed by atoms with Crippen molar-refractivity contribution in [1.82, 2.24) is 9.80 Å². The highest BCUT2D eigenvalue weighted by Gasteiger charge is 2.31. The minimum atomic E-state index is -0.407. The van der Waals surface area contributed by atoms with E-state index in [0.29, 0.717) is 25.4 Å². The van der Waals surface area contributed by atoms with Gasteiger partial charge in [-0.3, -0.25) is 9.59 Å². The number of hydrogen-bond donors (Lipinski definition) is 1. The van der Waals surface area contributed by atoms with E-state index in [1.807, 2.05) is 25.8 Å². The number of piperidine rings is 1. The van der Waals surface area contributed by atoms with Gasteiger partial charge < -0.3 is 15.5 Å². The molecule has 0 unspecified atom stereocenters. The Labute approximate surface area is 128 Å². The fourth-order valence-electron chi connectivity index (χ4n) is 2.73. The smallest absolute Gasteiger partial charge is 0.239 e. The Morgan fingerprint density at radius 2 is 1.71 bits per heavy atom. The lowest BCUT2D eigenvalue weighted by atomic mass is 9.94. The second-order valence-corrected chi connectivity index (χ2v) is 6.88. The summed E-state index contributed by atoms with van der Waals surface area (Å²) in [6.07, 6.45) is 2.21. The van der Waals surface area contributed by atoms with Gasteiger partial charge in [-0.1, -0.05) is 13.8 Å². The van der Waals surface area contributed by atoms with Gasteiger partial charge in [0.2, 0.25) is 11.8 Å². The molecule has 0 aliphatic carbocycles. The third kappa shape index (κ3) is 4.99. The summed E-state index contributed by atoms with van der Waals surface area (Å²) in [6, 6.07) is -0.188. The average molecular weight is 297 g/mol. The second kappa shape index (κ2) is 7.78. The Morgan fingerprint density at radius 3 is 2.14 bits per heavy atom. The lowest BCUT2D eigenvalue weighted by molar-refractivity contribution is -0.141. The number of likely N-dealkylation sites (tertiary alicyclic amines) is 1. The van der Waals surface area contributed by atoms with Crippen LogP contribution in [0, 0.1) is 11.8 Å². The van der Waals surface area contributed by atoms with Gasteiger partial charge in [-0.2, -0.15) is 0 Å². The first-order valence-electron chi connectivity index (χ1n) is 8.05. The number of hydrogen-bond acceptors (Lipinski definition) is 3. The Kier molecular flexibility index (Phi) is 6.65. The molecule has 1 heterocycles. The van der Waals surface area contributed by atoms with Crippen LogP contribution in [-0.4, -0.2) is 53.8 Å². The van der Waals surface area contributed by atoms with Crippen molar-refractivity contribution in [3.8, 4) is 0 Å². The van der Waals surface area contributed by atoms with E-state index in [1.54, 1.807) is 4.90 Å². The topological polar surface area (TPSA) is 66.6 Å². The SMILES string of the molecule is CC(C)C[C@H](N)C(=O)N1CCC(C(=O)N(C)C(C)C)CC1. The third-order valence-corrected chi connectivity index (χ3v) is 4.32. The maximum absolute atomic E-state index is 12.3. The predicted molar refractivity (Wildman–Crippen MR) is 84.6 cm³/mol. The summed E-state index contributed by atoms with van der Waals surface area (Å²) >= 11 is 0. The molecule has 1 aliphatic heterocycles. The number of rotatable bonds is 5. The third-order valence-electron chi connectivity index (χ3n) is 4.32. The summed E-state index contributed by atoms with van der Waals surface area (Å²) in [5.74, 6) is 0.695. The molecule has 0 aromatic heterocycles. The van der Waals surface area contributed by atoms with Crippen molar-refractivity contribution in [2.75, 3.05) is 20.1 Å². The number of nitrogens with zero attached hydrogens (tertiary/aromatic N) is 2. The normalized spacial score (nSPS) is 18.2. The van der Waals surface area contributed by atoms with E-state index in [9.17, 15) is 9.59 Å². The molecule has 2 amide bonds. The van der Waals surface area contributed by atoms with Crippen molar-refractivity contribution in [2.45, 2.75) is 59.0 Å². The summed E-state index contributed by atoms with van der Waals surface area (Å²) < 4.78 is 0. The molecule has 2 N–H and O–H groups in total. The molecule has 5 heteroatoms. The minimum Gasteiger partial charge on any atom is -0.343 e. The summed E-state index contributed by atoms with van der Waals surface area (Å²) in [4.78, 5) is 28.2. The zero-order valence-corrected chi connectivity index (χ0v) is 14.1. The first kappa shape index (κ1) is 18.0. The highest BCUT2D eigenvalue weighted by Crippen LogP contribution is 2.21. The van der Waals surface area contributed by atoms with Crippen LogP contribution in [0.25, 0.3) is 0 Å². The number of carbonyl (C=O) groups excluding carboxylic acids is 2. The largest absolute Gasteiger partial charge is 0.343 e. The number of nitrogens with two attached hydrogens (primary N) is 1. The molecule has 1 atom stereocenters. The van der Waals surface area contributed by atoms with Crippen LogP contribution >= 0.6 is 0 Å². The van der Waals surface area contributed by atoms with Gasteiger partial charge in [0, 0.05) is 32.1 Å². The van der Waals surface area contributed by atoms with Gasteiger partial charge in [-0.15, -0.1) is 0 Å². The number of carbonyl (C=O) groups is 2. The monoisotopic (exact) mass is 297 g/mol. The van der Waals surface area contributed by atoms with Gasteiger partial charge in [-0.25, -0.2) is 0 Å². The van der Waals surface area contributed by atoms with Crippen LogP contribution in [-0.2, 0) is 9.59 Å². The summed E-state index contributed by atoms with van der Waals surface area (Å²) in [5.41, 5.74) is 5.97. The molecule has 21 heavy (non-hydrogen) atoms. The predicted octanol–water partition coefficient (Wildman–Crippen LogP) is 1.47. The molecule has 5 nitrogen and oxygen atoms in total. The van der Waals surface area contributed by atoms with E-state index in [2.05, 4.69) is 13.8 Å². The second-order valence-electron chi connectivity index (χ2n) is 6.88. The van der Waals surface area contributed by atoms with Crippen LogP contribution in [0.3, 0.4) is 0 Å². The lowest BCUT2D eigenvalue weighted by Crippen LogP contribution is -2.49. The van der Waals surface area contributed by atoms with Crippen LogP contribution in [0.2, 0.25) is 0 Å². The number of amides is 2. The molecule has 1 saturated heterocycles. The molecule has 0 saturated carbocycles. The average Bonchev–Trinajstić information content (AvgIpc) is 2.44. The molecule has 0 bridgehead atoms. The maximum Gasteiger partial charge on any atom is 0.239 e. The van der Waals surface area contributed by atoms with Crippen LogP contribution in [0.15, 0.2) is 0 Å². The molecule has 0 radical (unpaired) electrons. The molecule has 1 fully saturated rings.